The first-order valence-corrected chi connectivity index (χ1v) is 12.7. The first-order valence-electron chi connectivity index (χ1n) is 12.4. The third kappa shape index (κ3) is 5.89. The summed E-state index contributed by atoms with van der Waals surface area (Å²) in [5.41, 5.74) is 2.29. The largest absolute Gasteiger partial charge is 0.337 e. The fourth-order valence-corrected chi connectivity index (χ4v) is 4.72. The second kappa shape index (κ2) is 11.4. The molecule has 4 aromatic rings. The van der Waals surface area contributed by atoms with E-state index in [-0.39, 0.29) is 24.4 Å². The highest BCUT2D eigenvalue weighted by atomic mass is 35.5. The van der Waals surface area contributed by atoms with Gasteiger partial charge in [-0.15, -0.1) is 0 Å². The van der Waals surface area contributed by atoms with Crippen LogP contribution in [0, 0.1) is 0 Å². The van der Waals surface area contributed by atoms with Gasteiger partial charge in [0.1, 0.15) is 12.6 Å². The lowest BCUT2D eigenvalue weighted by molar-refractivity contribution is -0.136. The molecule has 1 fully saturated rings. The van der Waals surface area contributed by atoms with E-state index >= 15 is 0 Å². The topological polar surface area (TPSA) is 79.5 Å². The standard InChI is InChI=1S/C29H27ClN4O3/c30-24-16-14-22(15-17-24)27-31-28(37-32-27)25-13-7-8-18-34(25)26(35)20-33(19-21-9-3-1-4-10-21)29(36)23-11-5-2-6-12-23/h1-6,9-12,14-17,25H,7-8,13,18-20H2/t25-/m0/s1. The van der Waals surface area contributed by atoms with Crippen LogP contribution in [0.1, 0.15) is 47.1 Å². The molecular formula is C29H27ClN4O3. The van der Waals surface area contributed by atoms with Gasteiger partial charge in [0.15, 0.2) is 0 Å². The lowest BCUT2D eigenvalue weighted by Crippen LogP contribution is -2.45. The zero-order chi connectivity index (χ0) is 25.6. The number of hydrogen-bond donors (Lipinski definition) is 0. The fraction of sp³-hybridized carbons (Fsp3) is 0.241. The Kier molecular flexibility index (Phi) is 7.61. The lowest BCUT2D eigenvalue weighted by Gasteiger charge is -2.35. The van der Waals surface area contributed by atoms with Crippen LogP contribution in [0.25, 0.3) is 11.4 Å². The lowest BCUT2D eigenvalue weighted by atomic mass is 10.0. The van der Waals surface area contributed by atoms with Gasteiger partial charge in [-0.1, -0.05) is 65.3 Å². The molecular weight excluding hydrogens is 488 g/mol. The first-order chi connectivity index (χ1) is 18.1. The maximum atomic E-state index is 13.7. The molecule has 0 spiro atoms. The molecule has 0 N–H and O–H groups in total. The van der Waals surface area contributed by atoms with Crippen LogP contribution in [0.4, 0.5) is 0 Å². The second-order valence-corrected chi connectivity index (χ2v) is 9.51. The average molecular weight is 515 g/mol. The monoisotopic (exact) mass is 514 g/mol. The van der Waals surface area contributed by atoms with Gasteiger partial charge in [-0.3, -0.25) is 9.59 Å². The van der Waals surface area contributed by atoms with Crippen molar-refractivity contribution in [1.29, 1.82) is 0 Å². The van der Waals surface area contributed by atoms with Gasteiger partial charge in [0, 0.05) is 29.2 Å². The Morgan fingerprint density at radius 2 is 1.65 bits per heavy atom. The molecule has 3 aromatic carbocycles. The van der Waals surface area contributed by atoms with E-state index in [1.807, 2.05) is 60.7 Å². The molecule has 0 unspecified atom stereocenters. The number of nitrogens with zero attached hydrogens (tertiary/aromatic N) is 4. The summed E-state index contributed by atoms with van der Waals surface area (Å²) in [4.78, 5) is 35.0. The molecule has 0 bridgehead atoms. The Morgan fingerprint density at radius 3 is 2.38 bits per heavy atom. The molecule has 0 aliphatic carbocycles. The third-order valence-corrected chi connectivity index (χ3v) is 6.75. The van der Waals surface area contributed by atoms with Gasteiger partial charge in [0.2, 0.25) is 17.6 Å². The molecule has 1 aromatic heterocycles. The normalized spacial score (nSPS) is 15.4. The number of likely N-dealkylation sites (tertiary alicyclic amines) is 1. The summed E-state index contributed by atoms with van der Waals surface area (Å²) < 4.78 is 5.62. The Balaban J connectivity index is 1.37. The smallest absolute Gasteiger partial charge is 0.254 e. The summed E-state index contributed by atoms with van der Waals surface area (Å²) in [5.74, 6) is 0.530. The summed E-state index contributed by atoms with van der Waals surface area (Å²) in [7, 11) is 0. The van der Waals surface area contributed by atoms with E-state index in [2.05, 4.69) is 10.1 Å². The molecule has 0 saturated carbocycles. The number of aromatic nitrogens is 2. The molecule has 5 rings (SSSR count). The summed E-state index contributed by atoms with van der Waals surface area (Å²) >= 11 is 6.00. The summed E-state index contributed by atoms with van der Waals surface area (Å²) in [6, 6.07) is 25.6. The molecule has 1 atom stereocenters. The van der Waals surface area contributed by atoms with Crippen LogP contribution in [-0.4, -0.2) is 44.8 Å². The van der Waals surface area contributed by atoms with Crippen LogP contribution in [0.3, 0.4) is 0 Å². The van der Waals surface area contributed by atoms with E-state index < -0.39 is 0 Å². The maximum Gasteiger partial charge on any atom is 0.254 e. The fourth-order valence-electron chi connectivity index (χ4n) is 4.59. The van der Waals surface area contributed by atoms with Crippen molar-refractivity contribution in [3.05, 3.63) is 107 Å². The van der Waals surface area contributed by atoms with Crippen LogP contribution in [0.5, 0.6) is 0 Å². The van der Waals surface area contributed by atoms with E-state index in [0.29, 0.717) is 35.4 Å². The minimum atomic E-state index is -0.333. The van der Waals surface area contributed by atoms with Crippen molar-refractivity contribution in [2.24, 2.45) is 0 Å². The Hall–Kier alpha value is -3.97. The minimum Gasteiger partial charge on any atom is -0.337 e. The van der Waals surface area contributed by atoms with Gasteiger partial charge in [0.05, 0.1) is 0 Å². The van der Waals surface area contributed by atoms with Crippen LogP contribution >= 0.6 is 11.6 Å². The van der Waals surface area contributed by atoms with Gasteiger partial charge >= 0.3 is 0 Å². The molecule has 2 heterocycles. The van der Waals surface area contributed by atoms with Crippen molar-refractivity contribution in [2.75, 3.05) is 13.1 Å². The van der Waals surface area contributed by atoms with Crippen LogP contribution < -0.4 is 0 Å². The van der Waals surface area contributed by atoms with Gasteiger partial charge in [0.25, 0.3) is 5.91 Å². The minimum absolute atomic E-state index is 0.0443. The van der Waals surface area contributed by atoms with Gasteiger partial charge < -0.3 is 14.3 Å². The highest BCUT2D eigenvalue weighted by molar-refractivity contribution is 6.30. The SMILES string of the molecule is O=C(c1ccccc1)N(CC(=O)N1CCCC[C@H]1c1nc(-c2ccc(Cl)cc2)no1)Cc1ccccc1. The number of hydrogen-bond acceptors (Lipinski definition) is 5. The average Bonchev–Trinajstić information content (AvgIpc) is 3.44. The Morgan fingerprint density at radius 1 is 0.946 bits per heavy atom. The zero-order valence-corrected chi connectivity index (χ0v) is 21.1. The number of piperidine rings is 1. The van der Waals surface area contributed by atoms with Crippen molar-refractivity contribution in [1.82, 2.24) is 19.9 Å². The predicted octanol–water partition coefficient (Wildman–Crippen LogP) is 5.79. The van der Waals surface area contributed by atoms with Gasteiger partial charge in [-0.25, -0.2) is 0 Å². The van der Waals surface area contributed by atoms with E-state index in [9.17, 15) is 9.59 Å². The molecule has 1 aliphatic rings. The van der Waals surface area contributed by atoms with E-state index in [1.165, 1.54) is 0 Å². The molecule has 1 saturated heterocycles. The molecule has 37 heavy (non-hydrogen) atoms. The Labute approximate surface area is 220 Å². The van der Waals surface area contributed by atoms with Crippen LogP contribution in [0.15, 0.2) is 89.5 Å². The highest BCUT2D eigenvalue weighted by Crippen LogP contribution is 2.31. The van der Waals surface area contributed by atoms with Crippen molar-refractivity contribution >= 4 is 23.4 Å². The van der Waals surface area contributed by atoms with E-state index in [1.54, 1.807) is 34.1 Å². The van der Waals surface area contributed by atoms with E-state index in [0.717, 1.165) is 30.4 Å². The third-order valence-electron chi connectivity index (χ3n) is 6.50. The molecule has 0 radical (unpaired) electrons. The quantitative estimate of drug-likeness (QED) is 0.312. The predicted molar refractivity (Wildman–Crippen MR) is 141 cm³/mol. The number of carbonyl (C=O) groups excluding carboxylic acids is 2. The number of rotatable bonds is 7. The number of halogens is 1. The summed E-state index contributed by atoms with van der Waals surface area (Å²) in [6.07, 6.45) is 2.55. The van der Waals surface area contributed by atoms with Crippen molar-refractivity contribution in [3.63, 3.8) is 0 Å². The molecule has 188 valence electrons. The maximum absolute atomic E-state index is 13.7. The second-order valence-electron chi connectivity index (χ2n) is 9.07. The van der Waals surface area contributed by atoms with Gasteiger partial charge in [-0.05, 0) is 61.2 Å². The zero-order valence-electron chi connectivity index (χ0n) is 20.3. The summed E-state index contributed by atoms with van der Waals surface area (Å²) in [5, 5.41) is 4.76. The molecule has 8 heteroatoms. The van der Waals surface area contributed by atoms with E-state index in [4.69, 9.17) is 16.1 Å². The molecule has 1 aliphatic heterocycles. The highest BCUT2D eigenvalue weighted by Gasteiger charge is 2.33. The number of benzene rings is 3. The van der Waals surface area contributed by atoms with Crippen molar-refractivity contribution < 1.29 is 14.1 Å². The first kappa shape index (κ1) is 24.7. The van der Waals surface area contributed by atoms with Crippen molar-refractivity contribution in [3.8, 4) is 11.4 Å². The molecule has 7 nitrogen and oxygen atoms in total. The van der Waals surface area contributed by atoms with Gasteiger partial charge in [-0.2, -0.15) is 4.98 Å². The molecule has 2 amide bonds. The summed E-state index contributed by atoms with van der Waals surface area (Å²) in [6.45, 7) is 0.859. The Bertz CT molecular complexity index is 1340. The van der Waals surface area contributed by atoms with Crippen molar-refractivity contribution in [2.45, 2.75) is 31.8 Å². The number of carbonyl (C=O) groups is 2. The van der Waals surface area contributed by atoms with Crippen LogP contribution in [0.2, 0.25) is 5.02 Å². The van der Waals surface area contributed by atoms with Crippen LogP contribution in [-0.2, 0) is 11.3 Å². The number of amides is 2.